The smallest absolute Gasteiger partial charge is 0.317 e. The molecule has 0 bridgehead atoms. The van der Waals surface area contributed by atoms with Crippen LogP contribution in [0.1, 0.15) is 34.1 Å². The molecular weight excluding hydrogens is 626 g/mol. The molecule has 10 heteroatoms. The number of ether oxygens (including phenoxy) is 5. The van der Waals surface area contributed by atoms with Gasteiger partial charge in [0.25, 0.3) is 0 Å². The first-order chi connectivity index (χ1) is 23.7. The second-order valence-corrected chi connectivity index (χ2v) is 11.2. The molecule has 1 aromatic heterocycles. The molecule has 2 atom stereocenters. The van der Waals surface area contributed by atoms with Crippen LogP contribution in [0.4, 0.5) is 0 Å². The summed E-state index contributed by atoms with van der Waals surface area (Å²) in [5, 5.41) is 19.1. The molecule has 2 unspecified atom stereocenters. The zero-order valence-corrected chi connectivity index (χ0v) is 27.4. The summed E-state index contributed by atoms with van der Waals surface area (Å²) < 4.78 is 28.8. The van der Waals surface area contributed by atoms with E-state index in [2.05, 4.69) is 4.98 Å². The van der Waals surface area contributed by atoms with E-state index in [0.717, 1.165) is 33.8 Å². The summed E-state index contributed by atoms with van der Waals surface area (Å²) in [5.74, 6) is -0.346. The minimum absolute atomic E-state index is 0.182. The number of methoxy groups -OCH3 is 2. The van der Waals surface area contributed by atoms with Gasteiger partial charge in [-0.15, -0.1) is 0 Å². The molecule has 0 radical (unpaired) electrons. The van der Waals surface area contributed by atoms with Crippen LogP contribution >= 0.6 is 0 Å². The quantitative estimate of drug-likeness (QED) is 0.0861. The first kappa shape index (κ1) is 34.5. The normalized spacial score (nSPS) is 12.0. The lowest BCUT2D eigenvalue weighted by Crippen LogP contribution is -2.33. The average Bonchev–Trinajstić information content (AvgIpc) is 3.13. The topological polar surface area (TPSA) is 134 Å². The first-order valence-corrected chi connectivity index (χ1v) is 15.5. The van der Waals surface area contributed by atoms with Crippen molar-refractivity contribution in [2.45, 2.75) is 32.8 Å². The molecule has 0 aliphatic rings. The number of carbonyl (C=O) groups is 2. The van der Waals surface area contributed by atoms with Crippen molar-refractivity contribution in [3.8, 4) is 39.9 Å². The molecule has 0 amide bonds. The van der Waals surface area contributed by atoms with Gasteiger partial charge in [-0.1, -0.05) is 60.7 Å². The standard InChI is InChI=1S/C39H37NO9/c1-25(41)37(39(43)44)38(42)30-10-8-28(9-11-30)29-12-18-34(19-13-29)47-24-31-20-35(48-22-26-4-14-32(45-2)15-5-26)36(21-40-31)49-23-27-6-16-33(46-3)17-7-27/h4-21,25,37,41H,22-24H2,1-3H3,(H,43,44). The third kappa shape index (κ3) is 9.15. The Morgan fingerprint density at radius 1 is 0.653 bits per heavy atom. The van der Waals surface area contributed by atoms with E-state index in [4.69, 9.17) is 23.7 Å². The van der Waals surface area contributed by atoms with E-state index in [0.29, 0.717) is 36.2 Å². The Kier molecular flexibility index (Phi) is 11.5. The Morgan fingerprint density at radius 3 is 1.63 bits per heavy atom. The molecule has 1 heterocycles. The number of rotatable bonds is 16. The van der Waals surface area contributed by atoms with E-state index < -0.39 is 23.8 Å². The second kappa shape index (κ2) is 16.3. The Bertz CT molecular complexity index is 1840. The van der Waals surface area contributed by atoms with Crippen LogP contribution < -0.4 is 23.7 Å². The summed E-state index contributed by atoms with van der Waals surface area (Å²) in [5.41, 5.74) is 4.49. The van der Waals surface area contributed by atoms with Gasteiger partial charge in [-0.3, -0.25) is 14.6 Å². The Morgan fingerprint density at radius 2 is 1.14 bits per heavy atom. The minimum atomic E-state index is -1.52. The van der Waals surface area contributed by atoms with Crippen molar-refractivity contribution in [2.75, 3.05) is 14.2 Å². The van der Waals surface area contributed by atoms with Crippen LogP contribution in [-0.2, 0) is 24.6 Å². The molecule has 5 rings (SSSR count). The molecule has 0 aliphatic heterocycles. The molecule has 252 valence electrons. The number of Topliss-reactive ketones (excluding diaryl/α,β-unsaturated/α-hetero) is 1. The molecule has 2 N–H and O–H groups in total. The lowest BCUT2D eigenvalue weighted by atomic mass is 9.92. The van der Waals surface area contributed by atoms with Crippen molar-refractivity contribution in [2.24, 2.45) is 5.92 Å². The third-order valence-corrected chi connectivity index (χ3v) is 7.77. The van der Waals surface area contributed by atoms with Crippen molar-refractivity contribution in [3.05, 3.63) is 132 Å². The Hall–Kier alpha value is -5.87. The van der Waals surface area contributed by atoms with E-state index >= 15 is 0 Å². The predicted octanol–water partition coefficient (Wildman–Crippen LogP) is 6.77. The summed E-state index contributed by atoms with van der Waals surface area (Å²) in [6.07, 6.45) is 0.324. The summed E-state index contributed by atoms with van der Waals surface area (Å²) in [6, 6.07) is 31.1. The van der Waals surface area contributed by atoms with E-state index in [-0.39, 0.29) is 12.2 Å². The molecule has 0 fully saturated rings. The van der Waals surface area contributed by atoms with Crippen molar-refractivity contribution in [1.29, 1.82) is 0 Å². The van der Waals surface area contributed by atoms with Crippen molar-refractivity contribution >= 4 is 11.8 Å². The zero-order chi connectivity index (χ0) is 34.8. The summed E-state index contributed by atoms with van der Waals surface area (Å²) in [7, 11) is 3.25. The van der Waals surface area contributed by atoms with Gasteiger partial charge in [0.05, 0.1) is 32.2 Å². The first-order valence-electron chi connectivity index (χ1n) is 15.5. The number of aromatic nitrogens is 1. The number of carboxylic acids is 1. The number of carboxylic acid groups (broad SMARTS) is 1. The van der Waals surface area contributed by atoms with Crippen LogP contribution in [-0.4, -0.2) is 47.3 Å². The number of pyridine rings is 1. The second-order valence-electron chi connectivity index (χ2n) is 11.2. The van der Waals surface area contributed by atoms with Crippen LogP contribution in [0, 0.1) is 5.92 Å². The monoisotopic (exact) mass is 663 g/mol. The average molecular weight is 664 g/mol. The highest BCUT2D eigenvalue weighted by Gasteiger charge is 2.31. The Labute approximate surface area is 284 Å². The number of aliphatic hydroxyl groups excluding tert-OH is 1. The highest BCUT2D eigenvalue weighted by Crippen LogP contribution is 2.30. The van der Waals surface area contributed by atoms with Crippen LogP contribution in [0.25, 0.3) is 11.1 Å². The van der Waals surface area contributed by atoms with Gasteiger partial charge < -0.3 is 33.9 Å². The van der Waals surface area contributed by atoms with E-state index in [1.54, 1.807) is 50.7 Å². The highest BCUT2D eigenvalue weighted by molar-refractivity contribution is 6.08. The SMILES string of the molecule is COc1ccc(COc2cnc(COc3ccc(-c4ccc(C(=O)C(C(=O)O)C(C)O)cc4)cc3)cc2OCc2ccc(OC)cc2)cc1. The number of aliphatic carboxylic acids is 1. The number of hydrogen-bond acceptors (Lipinski definition) is 9. The number of carbonyl (C=O) groups excluding carboxylic acids is 1. The summed E-state index contributed by atoms with van der Waals surface area (Å²) in [4.78, 5) is 28.6. The number of benzene rings is 4. The minimum Gasteiger partial charge on any atom is -0.497 e. The zero-order valence-electron chi connectivity index (χ0n) is 27.4. The molecular formula is C39H37NO9. The Balaban J connectivity index is 1.24. The fourth-order valence-corrected chi connectivity index (χ4v) is 4.98. The van der Waals surface area contributed by atoms with Gasteiger partial charge in [-0.05, 0) is 65.6 Å². The van der Waals surface area contributed by atoms with Gasteiger partial charge in [-0.25, -0.2) is 0 Å². The highest BCUT2D eigenvalue weighted by atomic mass is 16.5. The molecule has 0 spiro atoms. The van der Waals surface area contributed by atoms with E-state index in [9.17, 15) is 19.8 Å². The molecule has 4 aromatic carbocycles. The van der Waals surface area contributed by atoms with Gasteiger partial charge in [-0.2, -0.15) is 0 Å². The van der Waals surface area contributed by atoms with Gasteiger partial charge in [0.2, 0.25) is 0 Å². The van der Waals surface area contributed by atoms with Gasteiger partial charge in [0.1, 0.15) is 43.0 Å². The van der Waals surface area contributed by atoms with Crippen LogP contribution in [0.2, 0.25) is 0 Å². The van der Waals surface area contributed by atoms with Crippen molar-refractivity contribution in [3.63, 3.8) is 0 Å². The fraction of sp³-hybridized carbons (Fsp3) is 0.205. The largest absolute Gasteiger partial charge is 0.497 e. The molecule has 5 aromatic rings. The number of ketones is 1. The van der Waals surface area contributed by atoms with Crippen molar-refractivity contribution in [1.82, 2.24) is 4.98 Å². The maximum atomic E-state index is 12.6. The molecule has 0 saturated carbocycles. The molecule has 10 nitrogen and oxygen atoms in total. The van der Waals surface area contributed by atoms with Crippen LogP contribution in [0.3, 0.4) is 0 Å². The molecule has 49 heavy (non-hydrogen) atoms. The fourth-order valence-electron chi connectivity index (χ4n) is 4.98. The van der Waals surface area contributed by atoms with Crippen LogP contribution in [0.5, 0.6) is 28.7 Å². The van der Waals surface area contributed by atoms with Crippen molar-refractivity contribution < 1.29 is 43.5 Å². The summed E-state index contributed by atoms with van der Waals surface area (Å²) >= 11 is 0. The predicted molar refractivity (Wildman–Crippen MR) is 182 cm³/mol. The third-order valence-electron chi connectivity index (χ3n) is 7.77. The van der Waals surface area contributed by atoms with E-state index in [1.165, 1.54) is 6.92 Å². The number of nitrogens with zero attached hydrogens (tertiary/aromatic N) is 1. The van der Waals surface area contributed by atoms with E-state index in [1.807, 2.05) is 72.8 Å². The summed E-state index contributed by atoms with van der Waals surface area (Å²) in [6.45, 7) is 2.10. The van der Waals surface area contributed by atoms with Gasteiger partial charge in [0, 0.05) is 11.6 Å². The molecule has 0 aliphatic carbocycles. The lowest BCUT2D eigenvalue weighted by Gasteiger charge is -2.15. The lowest BCUT2D eigenvalue weighted by molar-refractivity contribution is -0.142. The molecule has 0 saturated heterocycles. The number of aliphatic hydroxyl groups is 1. The number of hydrogen-bond donors (Lipinski definition) is 2. The van der Waals surface area contributed by atoms with Crippen LogP contribution in [0.15, 0.2) is 109 Å². The van der Waals surface area contributed by atoms with Gasteiger partial charge >= 0.3 is 5.97 Å². The maximum Gasteiger partial charge on any atom is 0.317 e. The maximum absolute atomic E-state index is 12.6. The van der Waals surface area contributed by atoms with Gasteiger partial charge in [0.15, 0.2) is 17.3 Å².